The van der Waals surface area contributed by atoms with Crippen molar-refractivity contribution in [1.29, 1.82) is 0 Å². The fourth-order valence-corrected chi connectivity index (χ4v) is 1.25. The first-order chi connectivity index (χ1) is 6.27. The molecule has 14 heavy (non-hydrogen) atoms. The molecule has 86 valence electrons. The van der Waals surface area contributed by atoms with Gasteiger partial charge in [0.15, 0.2) is 0 Å². The Morgan fingerprint density at radius 2 is 1.64 bits per heavy atom. The lowest BCUT2D eigenvalue weighted by molar-refractivity contribution is 0.315. The summed E-state index contributed by atoms with van der Waals surface area (Å²) in [6.45, 7) is 10.3. The van der Waals surface area contributed by atoms with E-state index in [9.17, 15) is 0 Å². The Bertz CT molecular complexity index is 147. The first-order valence-electron chi connectivity index (χ1n) is 5.51. The van der Waals surface area contributed by atoms with Crippen LogP contribution < -0.4 is 16.8 Å². The van der Waals surface area contributed by atoms with Gasteiger partial charge in [0.1, 0.15) is 0 Å². The molecule has 5 N–H and O–H groups in total. The molecule has 3 nitrogen and oxygen atoms in total. The van der Waals surface area contributed by atoms with Crippen molar-refractivity contribution in [2.24, 2.45) is 11.5 Å². The van der Waals surface area contributed by atoms with Crippen molar-refractivity contribution in [3.05, 3.63) is 0 Å². The summed E-state index contributed by atoms with van der Waals surface area (Å²) in [4.78, 5) is 0. The highest BCUT2D eigenvalue weighted by Crippen LogP contribution is 2.16. The molecular formula is C11H27N3. The lowest BCUT2D eigenvalue weighted by Gasteiger charge is -2.30. The van der Waals surface area contributed by atoms with Crippen LogP contribution in [0.2, 0.25) is 0 Å². The fraction of sp³-hybridized carbons (Fsp3) is 1.00. The molecule has 0 aromatic rings. The van der Waals surface area contributed by atoms with Gasteiger partial charge in [0.2, 0.25) is 0 Å². The maximum atomic E-state index is 5.95. The van der Waals surface area contributed by atoms with Gasteiger partial charge < -0.3 is 16.8 Å². The van der Waals surface area contributed by atoms with Crippen molar-refractivity contribution in [2.45, 2.75) is 58.0 Å². The summed E-state index contributed by atoms with van der Waals surface area (Å²) >= 11 is 0. The molecule has 0 fully saturated rings. The first-order valence-corrected chi connectivity index (χ1v) is 5.51. The summed E-state index contributed by atoms with van der Waals surface area (Å²) in [5, 5.41) is 3.50. The molecule has 0 aromatic carbocycles. The van der Waals surface area contributed by atoms with Crippen LogP contribution in [0.15, 0.2) is 0 Å². The maximum Gasteiger partial charge on any atom is 0.0125 e. The quantitative estimate of drug-likeness (QED) is 0.543. The zero-order chi connectivity index (χ0) is 11.2. The third-order valence-corrected chi connectivity index (χ3v) is 2.38. The molecule has 0 saturated carbocycles. The van der Waals surface area contributed by atoms with E-state index in [2.05, 4.69) is 33.0 Å². The van der Waals surface area contributed by atoms with E-state index < -0.39 is 0 Å². The standard InChI is InChI=1S/C11H27N3/c1-10(2,13)6-7-11(3,4)14-9-5-8-12/h14H,5-9,12-13H2,1-4H3. The van der Waals surface area contributed by atoms with Gasteiger partial charge >= 0.3 is 0 Å². The third kappa shape index (κ3) is 8.48. The predicted molar refractivity (Wildman–Crippen MR) is 63.3 cm³/mol. The number of hydrogen-bond acceptors (Lipinski definition) is 3. The lowest BCUT2D eigenvalue weighted by Crippen LogP contribution is -2.43. The van der Waals surface area contributed by atoms with E-state index in [1.54, 1.807) is 0 Å². The van der Waals surface area contributed by atoms with Crippen molar-refractivity contribution in [1.82, 2.24) is 5.32 Å². The van der Waals surface area contributed by atoms with E-state index in [1.807, 2.05) is 0 Å². The zero-order valence-electron chi connectivity index (χ0n) is 10.2. The van der Waals surface area contributed by atoms with Crippen LogP contribution in [-0.4, -0.2) is 24.2 Å². The van der Waals surface area contributed by atoms with Gasteiger partial charge in [-0.3, -0.25) is 0 Å². The van der Waals surface area contributed by atoms with E-state index in [0.29, 0.717) is 0 Å². The van der Waals surface area contributed by atoms with Crippen molar-refractivity contribution >= 4 is 0 Å². The van der Waals surface area contributed by atoms with Crippen LogP contribution in [-0.2, 0) is 0 Å². The molecule has 0 aliphatic heterocycles. The summed E-state index contributed by atoms with van der Waals surface area (Å²) in [6, 6.07) is 0. The van der Waals surface area contributed by atoms with Crippen LogP contribution in [0.25, 0.3) is 0 Å². The molecule has 0 saturated heterocycles. The number of nitrogens with one attached hydrogen (secondary N) is 1. The molecule has 0 bridgehead atoms. The van der Waals surface area contributed by atoms with E-state index in [4.69, 9.17) is 11.5 Å². The molecule has 3 heteroatoms. The van der Waals surface area contributed by atoms with Crippen molar-refractivity contribution in [3.63, 3.8) is 0 Å². The van der Waals surface area contributed by atoms with Crippen LogP contribution in [0.4, 0.5) is 0 Å². The molecule has 0 amide bonds. The van der Waals surface area contributed by atoms with Gasteiger partial charge in [0.05, 0.1) is 0 Å². The third-order valence-electron chi connectivity index (χ3n) is 2.38. The van der Waals surface area contributed by atoms with Crippen molar-refractivity contribution in [2.75, 3.05) is 13.1 Å². The largest absolute Gasteiger partial charge is 0.330 e. The van der Waals surface area contributed by atoms with E-state index in [-0.39, 0.29) is 11.1 Å². The smallest absolute Gasteiger partial charge is 0.0125 e. The molecule has 0 aromatic heterocycles. The Morgan fingerprint density at radius 1 is 1.07 bits per heavy atom. The lowest BCUT2D eigenvalue weighted by atomic mass is 9.90. The second kappa shape index (κ2) is 5.69. The molecule has 0 atom stereocenters. The van der Waals surface area contributed by atoms with E-state index >= 15 is 0 Å². The van der Waals surface area contributed by atoms with Crippen molar-refractivity contribution < 1.29 is 0 Å². The fourth-order valence-electron chi connectivity index (χ4n) is 1.25. The Kier molecular flexibility index (Phi) is 5.64. The van der Waals surface area contributed by atoms with E-state index in [1.165, 1.54) is 0 Å². The molecule has 0 aliphatic rings. The summed E-state index contributed by atoms with van der Waals surface area (Å²) in [5.74, 6) is 0. The molecule has 0 unspecified atom stereocenters. The number of nitrogens with two attached hydrogens (primary N) is 2. The minimum atomic E-state index is -0.0627. The Labute approximate surface area is 88.6 Å². The highest BCUT2D eigenvalue weighted by molar-refractivity contribution is 4.82. The molecule has 0 rings (SSSR count). The normalized spacial score (nSPS) is 13.3. The number of hydrogen-bond donors (Lipinski definition) is 3. The topological polar surface area (TPSA) is 64.1 Å². The molecule has 0 spiro atoms. The minimum Gasteiger partial charge on any atom is -0.330 e. The van der Waals surface area contributed by atoms with Gasteiger partial charge in [-0.25, -0.2) is 0 Å². The Balaban J connectivity index is 3.72. The molecular weight excluding hydrogens is 174 g/mol. The SMILES string of the molecule is CC(C)(N)CCC(C)(C)NCCCN. The summed E-state index contributed by atoms with van der Waals surface area (Å²) < 4.78 is 0. The number of rotatable bonds is 7. The highest BCUT2D eigenvalue weighted by atomic mass is 14.9. The van der Waals surface area contributed by atoms with Gasteiger partial charge in [-0.2, -0.15) is 0 Å². The average molecular weight is 201 g/mol. The summed E-state index contributed by atoms with van der Waals surface area (Å²) in [6.07, 6.45) is 3.17. The van der Waals surface area contributed by atoms with Gasteiger partial charge in [0.25, 0.3) is 0 Å². The van der Waals surface area contributed by atoms with Gasteiger partial charge in [-0.15, -0.1) is 0 Å². The zero-order valence-corrected chi connectivity index (χ0v) is 10.2. The highest BCUT2D eigenvalue weighted by Gasteiger charge is 2.20. The monoisotopic (exact) mass is 201 g/mol. The Morgan fingerprint density at radius 3 is 2.07 bits per heavy atom. The van der Waals surface area contributed by atoms with Crippen LogP contribution in [0.3, 0.4) is 0 Å². The molecule has 0 heterocycles. The summed E-state index contributed by atoms with van der Waals surface area (Å²) in [7, 11) is 0. The maximum absolute atomic E-state index is 5.95. The van der Waals surface area contributed by atoms with Crippen LogP contribution in [0.1, 0.15) is 47.0 Å². The van der Waals surface area contributed by atoms with Gasteiger partial charge in [-0.05, 0) is 60.0 Å². The van der Waals surface area contributed by atoms with Crippen LogP contribution in [0.5, 0.6) is 0 Å². The predicted octanol–water partition coefficient (Wildman–Crippen LogP) is 1.22. The summed E-state index contributed by atoms with van der Waals surface area (Å²) in [5.41, 5.74) is 11.5. The van der Waals surface area contributed by atoms with E-state index in [0.717, 1.165) is 32.4 Å². The van der Waals surface area contributed by atoms with Gasteiger partial charge in [-0.1, -0.05) is 0 Å². The molecule has 0 radical (unpaired) electrons. The molecule has 0 aliphatic carbocycles. The second-order valence-corrected chi connectivity index (χ2v) is 5.44. The average Bonchev–Trinajstić information content (AvgIpc) is 2.00. The Hall–Kier alpha value is -0.120. The minimum absolute atomic E-state index is 0.0627. The van der Waals surface area contributed by atoms with Crippen molar-refractivity contribution in [3.8, 4) is 0 Å². The van der Waals surface area contributed by atoms with Crippen LogP contribution in [0, 0.1) is 0 Å². The van der Waals surface area contributed by atoms with Crippen LogP contribution >= 0.6 is 0 Å². The van der Waals surface area contributed by atoms with Gasteiger partial charge in [0, 0.05) is 11.1 Å². The first kappa shape index (κ1) is 13.9. The second-order valence-electron chi connectivity index (χ2n) is 5.44.